The molecule has 1 N–H and O–H groups in total. The van der Waals surface area contributed by atoms with Crippen molar-refractivity contribution in [2.24, 2.45) is 0 Å². The molecule has 0 aliphatic carbocycles. The Labute approximate surface area is 114 Å². The van der Waals surface area contributed by atoms with E-state index in [0.29, 0.717) is 0 Å². The van der Waals surface area contributed by atoms with E-state index in [2.05, 4.69) is 21.2 Å². The van der Waals surface area contributed by atoms with Crippen LogP contribution in [0.1, 0.15) is 17.2 Å². The van der Waals surface area contributed by atoms with Gasteiger partial charge in [-0.1, -0.05) is 33.6 Å². The van der Waals surface area contributed by atoms with Gasteiger partial charge in [-0.2, -0.15) is 0 Å². The first-order valence-corrected chi connectivity index (χ1v) is 6.51. The third-order valence-electron chi connectivity index (χ3n) is 2.71. The highest BCUT2D eigenvalue weighted by atomic mass is 79.9. The van der Waals surface area contributed by atoms with E-state index in [1.54, 1.807) is 12.5 Å². The van der Waals surface area contributed by atoms with Crippen LogP contribution in [-0.2, 0) is 6.42 Å². The Kier molecular flexibility index (Phi) is 4.26. The number of rotatable bonds is 4. The maximum atomic E-state index is 5.94. The molecule has 2 nitrogen and oxygen atoms in total. The smallest absolute Gasteiger partial charge is 0.0935 e. The fraction of sp³-hybridized carbons (Fsp3) is 0.231. The third-order valence-corrected chi connectivity index (χ3v) is 3.63. The van der Waals surface area contributed by atoms with E-state index in [0.717, 1.165) is 15.9 Å². The van der Waals surface area contributed by atoms with Gasteiger partial charge in [0, 0.05) is 15.5 Å². The molecule has 1 aromatic heterocycles. The lowest BCUT2D eigenvalue weighted by Crippen LogP contribution is -2.19. The second-order valence-electron chi connectivity index (χ2n) is 3.84. The van der Waals surface area contributed by atoms with Crippen LogP contribution in [0.5, 0.6) is 0 Å². The van der Waals surface area contributed by atoms with Crippen molar-refractivity contribution in [3.05, 3.63) is 57.4 Å². The molecule has 90 valence electrons. The Bertz CT molecular complexity index is 484. The largest absolute Gasteiger partial charge is 0.472 e. The summed E-state index contributed by atoms with van der Waals surface area (Å²) in [6.07, 6.45) is 4.35. The van der Waals surface area contributed by atoms with Crippen LogP contribution in [0.15, 0.2) is 45.7 Å². The van der Waals surface area contributed by atoms with Crippen molar-refractivity contribution in [1.82, 2.24) is 5.32 Å². The molecule has 0 fully saturated rings. The fourth-order valence-corrected chi connectivity index (χ4v) is 2.76. The molecule has 0 aliphatic heterocycles. The van der Waals surface area contributed by atoms with Gasteiger partial charge in [-0.05, 0) is 42.8 Å². The normalized spacial score (nSPS) is 12.6. The average molecular weight is 315 g/mol. The van der Waals surface area contributed by atoms with Crippen LogP contribution in [0.25, 0.3) is 0 Å². The predicted octanol–water partition coefficient (Wildman–Crippen LogP) is 4.20. The summed E-state index contributed by atoms with van der Waals surface area (Å²) >= 11 is 9.49. The van der Waals surface area contributed by atoms with Gasteiger partial charge in [-0.3, -0.25) is 0 Å². The summed E-state index contributed by atoms with van der Waals surface area (Å²) in [5.74, 6) is 0. The van der Waals surface area contributed by atoms with Gasteiger partial charge in [0.2, 0.25) is 0 Å². The summed E-state index contributed by atoms with van der Waals surface area (Å²) in [6, 6.07) is 8.07. The first kappa shape index (κ1) is 12.7. The highest BCUT2D eigenvalue weighted by molar-refractivity contribution is 9.10. The van der Waals surface area contributed by atoms with Crippen molar-refractivity contribution in [3.63, 3.8) is 0 Å². The molecule has 17 heavy (non-hydrogen) atoms. The van der Waals surface area contributed by atoms with Gasteiger partial charge >= 0.3 is 0 Å². The van der Waals surface area contributed by atoms with Gasteiger partial charge in [0.1, 0.15) is 0 Å². The van der Waals surface area contributed by atoms with Gasteiger partial charge in [0.05, 0.1) is 12.5 Å². The molecular weight excluding hydrogens is 302 g/mol. The lowest BCUT2D eigenvalue weighted by molar-refractivity contribution is 0.551. The minimum absolute atomic E-state index is 0.235. The van der Waals surface area contributed by atoms with Gasteiger partial charge in [-0.15, -0.1) is 0 Å². The zero-order valence-corrected chi connectivity index (χ0v) is 11.8. The van der Waals surface area contributed by atoms with Crippen molar-refractivity contribution in [2.45, 2.75) is 12.5 Å². The number of nitrogens with one attached hydrogen (secondary N) is 1. The monoisotopic (exact) mass is 313 g/mol. The van der Waals surface area contributed by atoms with Crippen LogP contribution in [-0.4, -0.2) is 7.05 Å². The number of furan rings is 1. The maximum absolute atomic E-state index is 5.94. The molecule has 0 saturated carbocycles. The van der Waals surface area contributed by atoms with Crippen LogP contribution >= 0.6 is 27.5 Å². The summed E-state index contributed by atoms with van der Waals surface area (Å²) in [5.41, 5.74) is 2.37. The molecule has 1 aromatic carbocycles. The SMILES string of the molecule is CNC(Cc1ccoc1)c1ccc(Cl)cc1Br. The van der Waals surface area contributed by atoms with E-state index >= 15 is 0 Å². The third kappa shape index (κ3) is 3.12. The minimum atomic E-state index is 0.235. The van der Waals surface area contributed by atoms with Gasteiger partial charge in [-0.25, -0.2) is 0 Å². The van der Waals surface area contributed by atoms with Gasteiger partial charge in [0.15, 0.2) is 0 Å². The van der Waals surface area contributed by atoms with E-state index in [1.165, 1.54) is 11.1 Å². The van der Waals surface area contributed by atoms with E-state index in [4.69, 9.17) is 16.0 Å². The van der Waals surface area contributed by atoms with E-state index in [1.807, 2.05) is 31.3 Å². The van der Waals surface area contributed by atoms with Crippen LogP contribution in [0.3, 0.4) is 0 Å². The molecule has 2 rings (SSSR count). The van der Waals surface area contributed by atoms with Crippen molar-refractivity contribution < 1.29 is 4.42 Å². The molecule has 0 amide bonds. The standard InChI is InChI=1S/C13H13BrClNO/c1-16-13(6-9-4-5-17-8-9)11-3-2-10(15)7-12(11)14/h2-5,7-8,13,16H,6H2,1H3. The summed E-state index contributed by atoms with van der Waals surface area (Å²) < 4.78 is 6.11. The van der Waals surface area contributed by atoms with Gasteiger partial charge in [0.25, 0.3) is 0 Å². The average Bonchev–Trinajstić information content (AvgIpc) is 2.79. The highest BCUT2D eigenvalue weighted by Gasteiger charge is 2.14. The zero-order chi connectivity index (χ0) is 12.3. The molecule has 0 aliphatic rings. The summed E-state index contributed by atoms with van der Waals surface area (Å²) in [4.78, 5) is 0. The molecule has 1 atom stereocenters. The number of halogens is 2. The van der Waals surface area contributed by atoms with E-state index < -0.39 is 0 Å². The number of benzene rings is 1. The Morgan fingerprint density at radius 1 is 1.41 bits per heavy atom. The first-order chi connectivity index (χ1) is 8.20. The second-order valence-corrected chi connectivity index (χ2v) is 5.13. The minimum Gasteiger partial charge on any atom is -0.472 e. The number of likely N-dealkylation sites (N-methyl/N-ethyl adjacent to an activating group) is 1. The van der Waals surface area contributed by atoms with Gasteiger partial charge < -0.3 is 9.73 Å². The summed E-state index contributed by atoms with van der Waals surface area (Å²) in [5, 5.41) is 4.04. The van der Waals surface area contributed by atoms with Crippen molar-refractivity contribution >= 4 is 27.5 Å². The molecule has 0 radical (unpaired) electrons. The fourth-order valence-electron chi connectivity index (χ4n) is 1.80. The lowest BCUT2D eigenvalue weighted by Gasteiger charge is -2.17. The molecular formula is C13H13BrClNO. The highest BCUT2D eigenvalue weighted by Crippen LogP contribution is 2.28. The van der Waals surface area contributed by atoms with Crippen LogP contribution in [0, 0.1) is 0 Å². The topological polar surface area (TPSA) is 25.2 Å². The molecule has 0 spiro atoms. The molecule has 2 aromatic rings. The Balaban J connectivity index is 2.23. The Morgan fingerprint density at radius 2 is 2.24 bits per heavy atom. The van der Waals surface area contributed by atoms with E-state index in [-0.39, 0.29) is 6.04 Å². The van der Waals surface area contributed by atoms with E-state index in [9.17, 15) is 0 Å². The first-order valence-electron chi connectivity index (χ1n) is 5.34. The van der Waals surface area contributed by atoms with Crippen molar-refractivity contribution in [3.8, 4) is 0 Å². The zero-order valence-electron chi connectivity index (χ0n) is 9.41. The molecule has 0 saturated heterocycles. The molecule has 1 unspecified atom stereocenters. The number of hydrogen-bond donors (Lipinski definition) is 1. The van der Waals surface area contributed by atoms with Crippen molar-refractivity contribution in [1.29, 1.82) is 0 Å². The molecule has 4 heteroatoms. The lowest BCUT2D eigenvalue weighted by atomic mass is 10.0. The van der Waals surface area contributed by atoms with Crippen LogP contribution in [0.2, 0.25) is 5.02 Å². The summed E-state index contributed by atoms with van der Waals surface area (Å²) in [6.45, 7) is 0. The Hall–Kier alpha value is -0.770. The van der Waals surface area contributed by atoms with Crippen LogP contribution < -0.4 is 5.32 Å². The Morgan fingerprint density at radius 3 is 2.82 bits per heavy atom. The molecule has 1 heterocycles. The maximum Gasteiger partial charge on any atom is 0.0935 e. The number of hydrogen-bond acceptors (Lipinski definition) is 2. The second kappa shape index (κ2) is 5.71. The van der Waals surface area contributed by atoms with Crippen molar-refractivity contribution in [2.75, 3.05) is 7.05 Å². The quantitative estimate of drug-likeness (QED) is 0.915. The summed E-state index contributed by atoms with van der Waals surface area (Å²) in [7, 11) is 1.95. The molecule has 0 bridgehead atoms. The van der Waals surface area contributed by atoms with Crippen LogP contribution in [0.4, 0.5) is 0 Å². The predicted molar refractivity (Wildman–Crippen MR) is 73.4 cm³/mol.